The van der Waals surface area contributed by atoms with E-state index in [1.54, 1.807) is 42.5 Å². The number of alkyl halides is 3. The Hall–Kier alpha value is -4.15. The van der Waals surface area contributed by atoms with E-state index in [-0.39, 0.29) is 11.8 Å². The van der Waals surface area contributed by atoms with E-state index in [1.165, 1.54) is 24.1 Å². The van der Waals surface area contributed by atoms with E-state index in [0.717, 1.165) is 6.20 Å². The van der Waals surface area contributed by atoms with E-state index < -0.39 is 23.3 Å². The van der Waals surface area contributed by atoms with Crippen LogP contribution < -0.4 is 10.6 Å². The Kier molecular flexibility index (Phi) is 5.15. The summed E-state index contributed by atoms with van der Waals surface area (Å²) in [5.41, 5.74) is -1.15. The number of carbonyl (C=O) groups excluding carboxylic acids is 1. The largest absolute Gasteiger partial charge is 0.463 e. The van der Waals surface area contributed by atoms with Gasteiger partial charge < -0.3 is 15.1 Å². The number of para-hydroxylation sites is 1. The van der Waals surface area contributed by atoms with Crippen LogP contribution in [-0.2, 0) is 13.2 Å². The number of hydrogen-bond donors (Lipinski definition) is 2. The molecule has 158 valence electrons. The van der Waals surface area contributed by atoms with Crippen molar-refractivity contribution in [1.29, 1.82) is 0 Å². The Balaban J connectivity index is 1.61. The highest BCUT2D eigenvalue weighted by Crippen LogP contribution is 2.32. The molecule has 0 spiro atoms. The standard InChI is InChI=1S/C20H15F3N6O2/c1-29-16(10-14(28-29)15-8-5-9-31-15)26-18(30)13-11-24-19(27-17(13)20(21,22)23)25-12-6-3-2-4-7-12/h2-11H,1H3,(H,26,30)(H,24,25,27). The van der Waals surface area contributed by atoms with Crippen LogP contribution in [0.5, 0.6) is 0 Å². The fraction of sp³-hybridized carbons (Fsp3) is 0.100. The third kappa shape index (κ3) is 4.39. The number of hydrogen-bond acceptors (Lipinski definition) is 6. The predicted octanol–water partition coefficient (Wildman–Crippen LogP) is 4.48. The molecule has 0 radical (unpaired) electrons. The SMILES string of the molecule is Cn1nc(-c2ccco2)cc1NC(=O)c1cnc(Nc2ccccc2)nc1C(F)(F)F. The van der Waals surface area contributed by atoms with Gasteiger partial charge in [-0.15, -0.1) is 0 Å². The van der Waals surface area contributed by atoms with Crippen molar-refractivity contribution in [1.82, 2.24) is 19.7 Å². The summed E-state index contributed by atoms with van der Waals surface area (Å²) in [4.78, 5) is 20.0. The van der Waals surface area contributed by atoms with E-state index in [9.17, 15) is 18.0 Å². The maximum atomic E-state index is 13.6. The van der Waals surface area contributed by atoms with Crippen molar-refractivity contribution < 1.29 is 22.4 Å². The number of furan rings is 1. The van der Waals surface area contributed by atoms with Crippen molar-refractivity contribution in [3.05, 3.63) is 72.2 Å². The van der Waals surface area contributed by atoms with Crippen LogP contribution in [-0.4, -0.2) is 25.7 Å². The maximum absolute atomic E-state index is 13.6. The highest BCUT2D eigenvalue weighted by Gasteiger charge is 2.38. The number of aromatic nitrogens is 4. The van der Waals surface area contributed by atoms with Gasteiger partial charge in [0, 0.05) is 25.0 Å². The second-order valence-corrected chi connectivity index (χ2v) is 6.41. The maximum Gasteiger partial charge on any atom is 0.434 e. The first-order valence-corrected chi connectivity index (χ1v) is 8.97. The molecule has 1 amide bonds. The van der Waals surface area contributed by atoms with Gasteiger partial charge in [0.25, 0.3) is 5.91 Å². The smallest absolute Gasteiger partial charge is 0.434 e. The molecule has 0 aliphatic heterocycles. The number of aryl methyl sites for hydroxylation is 1. The van der Waals surface area contributed by atoms with Crippen molar-refractivity contribution in [3.8, 4) is 11.5 Å². The number of nitrogens with zero attached hydrogens (tertiary/aromatic N) is 4. The van der Waals surface area contributed by atoms with Crippen LogP contribution in [0, 0.1) is 0 Å². The third-order valence-corrected chi connectivity index (χ3v) is 4.23. The van der Waals surface area contributed by atoms with E-state index in [0.29, 0.717) is 17.1 Å². The summed E-state index contributed by atoms with van der Waals surface area (Å²) in [5, 5.41) is 9.27. The molecule has 0 unspecified atom stereocenters. The molecule has 2 N–H and O–H groups in total. The minimum atomic E-state index is -4.87. The molecule has 0 saturated carbocycles. The first kappa shape index (κ1) is 20.1. The van der Waals surface area contributed by atoms with Crippen LogP contribution in [0.4, 0.5) is 30.6 Å². The summed E-state index contributed by atoms with van der Waals surface area (Å²) in [6, 6.07) is 13.3. The van der Waals surface area contributed by atoms with E-state index in [1.807, 2.05) is 0 Å². The van der Waals surface area contributed by atoms with Gasteiger partial charge in [-0.2, -0.15) is 18.3 Å². The fourth-order valence-electron chi connectivity index (χ4n) is 2.79. The summed E-state index contributed by atoms with van der Waals surface area (Å²) >= 11 is 0. The zero-order valence-electron chi connectivity index (χ0n) is 16.0. The van der Waals surface area contributed by atoms with Gasteiger partial charge >= 0.3 is 6.18 Å². The van der Waals surface area contributed by atoms with Crippen LogP contribution in [0.3, 0.4) is 0 Å². The molecular formula is C20H15F3N6O2. The van der Waals surface area contributed by atoms with E-state index >= 15 is 0 Å². The molecule has 0 atom stereocenters. The zero-order chi connectivity index (χ0) is 22.0. The summed E-state index contributed by atoms with van der Waals surface area (Å²) in [5.74, 6) is -0.675. The van der Waals surface area contributed by atoms with Crippen molar-refractivity contribution >= 4 is 23.4 Å². The first-order valence-electron chi connectivity index (χ1n) is 8.97. The Morgan fingerprint density at radius 2 is 1.90 bits per heavy atom. The minimum absolute atomic E-state index is 0.177. The van der Waals surface area contributed by atoms with Gasteiger partial charge in [-0.1, -0.05) is 18.2 Å². The summed E-state index contributed by atoms with van der Waals surface area (Å²) in [7, 11) is 1.54. The highest BCUT2D eigenvalue weighted by atomic mass is 19.4. The monoisotopic (exact) mass is 428 g/mol. The average Bonchev–Trinajstić information content (AvgIpc) is 3.38. The highest BCUT2D eigenvalue weighted by molar-refractivity contribution is 6.04. The second kappa shape index (κ2) is 7.94. The Labute approximate surface area is 173 Å². The lowest BCUT2D eigenvalue weighted by molar-refractivity contribution is -0.141. The van der Waals surface area contributed by atoms with Crippen LogP contribution >= 0.6 is 0 Å². The summed E-state index contributed by atoms with van der Waals surface area (Å²) in [6.07, 6.45) is -2.57. The molecular weight excluding hydrogens is 413 g/mol. The lowest BCUT2D eigenvalue weighted by Crippen LogP contribution is -2.22. The van der Waals surface area contributed by atoms with Crippen molar-refractivity contribution in [3.63, 3.8) is 0 Å². The van der Waals surface area contributed by atoms with Crippen LogP contribution in [0.1, 0.15) is 16.1 Å². The van der Waals surface area contributed by atoms with Crippen LogP contribution in [0.2, 0.25) is 0 Å². The molecule has 0 saturated heterocycles. The van der Waals surface area contributed by atoms with E-state index in [2.05, 4.69) is 25.7 Å². The average molecular weight is 428 g/mol. The quantitative estimate of drug-likeness (QED) is 0.486. The molecule has 8 nitrogen and oxygen atoms in total. The molecule has 0 aliphatic rings. The first-order chi connectivity index (χ1) is 14.8. The molecule has 0 aliphatic carbocycles. The van der Waals surface area contributed by atoms with Gasteiger partial charge in [0.15, 0.2) is 11.5 Å². The van der Waals surface area contributed by atoms with Gasteiger partial charge in [0.05, 0.1) is 11.8 Å². The van der Waals surface area contributed by atoms with Crippen molar-refractivity contribution in [2.24, 2.45) is 7.05 Å². The van der Waals surface area contributed by atoms with Gasteiger partial charge in [-0.05, 0) is 24.3 Å². The summed E-state index contributed by atoms with van der Waals surface area (Å²) in [6.45, 7) is 0. The molecule has 4 aromatic rings. The Morgan fingerprint density at radius 3 is 2.58 bits per heavy atom. The molecule has 3 aromatic heterocycles. The number of nitrogens with one attached hydrogen (secondary N) is 2. The number of anilines is 3. The Morgan fingerprint density at radius 1 is 1.13 bits per heavy atom. The lowest BCUT2D eigenvalue weighted by atomic mass is 10.2. The molecule has 0 fully saturated rings. The van der Waals surface area contributed by atoms with Gasteiger partial charge in [0.1, 0.15) is 11.5 Å². The number of benzene rings is 1. The molecule has 1 aromatic carbocycles. The van der Waals surface area contributed by atoms with Gasteiger partial charge in [0.2, 0.25) is 5.95 Å². The fourth-order valence-corrected chi connectivity index (χ4v) is 2.79. The number of rotatable bonds is 5. The van der Waals surface area contributed by atoms with E-state index in [4.69, 9.17) is 4.42 Å². The third-order valence-electron chi connectivity index (χ3n) is 4.23. The second-order valence-electron chi connectivity index (χ2n) is 6.41. The minimum Gasteiger partial charge on any atom is -0.463 e. The number of amides is 1. The number of carbonyl (C=O) groups is 1. The molecule has 3 heterocycles. The topological polar surface area (TPSA) is 97.9 Å². The Bertz CT molecular complexity index is 1200. The number of halogens is 3. The molecule has 0 bridgehead atoms. The van der Waals surface area contributed by atoms with Crippen molar-refractivity contribution in [2.75, 3.05) is 10.6 Å². The lowest BCUT2D eigenvalue weighted by Gasteiger charge is -2.13. The van der Waals surface area contributed by atoms with Crippen molar-refractivity contribution in [2.45, 2.75) is 6.18 Å². The zero-order valence-corrected chi connectivity index (χ0v) is 16.0. The van der Waals surface area contributed by atoms with Crippen LogP contribution in [0.15, 0.2) is 65.4 Å². The van der Waals surface area contributed by atoms with Gasteiger partial charge in [-0.25, -0.2) is 9.97 Å². The molecule has 4 rings (SSSR count). The van der Waals surface area contributed by atoms with Crippen LogP contribution in [0.25, 0.3) is 11.5 Å². The normalized spacial score (nSPS) is 11.4. The molecule has 31 heavy (non-hydrogen) atoms. The summed E-state index contributed by atoms with van der Waals surface area (Å²) < 4.78 is 47.4. The molecule has 11 heteroatoms. The predicted molar refractivity (Wildman–Crippen MR) is 106 cm³/mol. The van der Waals surface area contributed by atoms with Gasteiger partial charge in [-0.3, -0.25) is 9.48 Å².